The van der Waals surface area contributed by atoms with Crippen LogP contribution in [-0.4, -0.2) is 10.5 Å². The third kappa shape index (κ3) is 2.85. The molecule has 3 nitrogen and oxygen atoms in total. The molecule has 2 aromatic carbocycles. The molecule has 1 aromatic heterocycles. The number of aromatic nitrogens is 1. The Morgan fingerprint density at radius 1 is 1.18 bits per heavy atom. The van der Waals surface area contributed by atoms with Crippen molar-refractivity contribution in [3.8, 4) is 0 Å². The first kappa shape index (κ1) is 14.7. The van der Waals surface area contributed by atoms with E-state index < -0.39 is 0 Å². The van der Waals surface area contributed by atoms with Crippen LogP contribution in [0.25, 0.3) is 10.2 Å². The van der Waals surface area contributed by atoms with Gasteiger partial charge in [-0.15, -0.1) is 0 Å². The fourth-order valence-electron chi connectivity index (χ4n) is 2.29. The number of fused-ring (bicyclic) bond motifs is 1. The van der Waals surface area contributed by atoms with Crippen molar-refractivity contribution < 1.29 is 9.18 Å². The van der Waals surface area contributed by atoms with Crippen LogP contribution in [-0.2, 0) is 6.54 Å². The Bertz CT molecular complexity index is 878. The smallest absolute Gasteiger partial charge is 0.279 e. The van der Waals surface area contributed by atoms with E-state index in [2.05, 4.69) is 16.5 Å². The summed E-state index contributed by atoms with van der Waals surface area (Å²) in [5.74, 6) is -0.712. The number of para-hydroxylation sites is 1. The van der Waals surface area contributed by atoms with Crippen LogP contribution >= 0.6 is 11.3 Å². The molecule has 0 saturated carbocycles. The van der Waals surface area contributed by atoms with E-state index in [0.29, 0.717) is 10.4 Å². The van der Waals surface area contributed by atoms with Crippen LogP contribution in [0.1, 0.15) is 23.7 Å². The van der Waals surface area contributed by atoms with E-state index in [0.717, 1.165) is 23.2 Å². The number of rotatable bonds is 3. The molecule has 0 radical (unpaired) electrons. The van der Waals surface area contributed by atoms with E-state index in [4.69, 9.17) is 0 Å². The molecule has 5 heteroatoms. The molecule has 0 aliphatic carbocycles. The topological polar surface area (TPSA) is 34.4 Å². The predicted octanol–water partition coefficient (Wildman–Crippen LogP) is 3.99. The van der Waals surface area contributed by atoms with Gasteiger partial charge in [-0.3, -0.25) is 4.79 Å². The van der Waals surface area contributed by atoms with Crippen molar-refractivity contribution in [2.24, 2.45) is 4.99 Å². The third-order valence-corrected chi connectivity index (χ3v) is 4.38. The van der Waals surface area contributed by atoms with Gasteiger partial charge in [0.05, 0.1) is 10.2 Å². The summed E-state index contributed by atoms with van der Waals surface area (Å²) in [7, 11) is 0. The standard InChI is InChI=1S/C17H15FN2OS/c1-2-11-20-14-5-3-4-6-15(14)22-17(20)19-16(21)12-7-9-13(18)10-8-12/h3-10H,2,11H2,1H3. The van der Waals surface area contributed by atoms with Crippen molar-refractivity contribution in [2.75, 3.05) is 0 Å². The molecule has 0 fully saturated rings. The molecular formula is C17H15FN2OS. The van der Waals surface area contributed by atoms with E-state index in [1.54, 1.807) is 0 Å². The lowest BCUT2D eigenvalue weighted by Crippen LogP contribution is -2.16. The van der Waals surface area contributed by atoms with Crippen LogP contribution in [0.15, 0.2) is 53.5 Å². The number of hydrogen-bond donors (Lipinski definition) is 0. The highest BCUT2D eigenvalue weighted by Gasteiger charge is 2.08. The van der Waals surface area contributed by atoms with Gasteiger partial charge in [-0.2, -0.15) is 4.99 Å². The van der Waals surface area contributed by atoms with Crippen LogP contribution in [0.5, 0.6) is 0 Å². The van der Waals surface area contributed by atoms with Crippen LogP contribution in [0, 0.1) is 5.82 Å². The summed E-state index contributed by atoms with van der Waals surface area (Å²) < 4.78 is 16.1. The molecule has 0 spiro atoms. The fraction of sp³-hybridized carbons (Fsp3) is 0.176. The zero-order valence-corrected chi connectivity index (χ0v) is 12.9. The minimum absolute atomic E-state index is 0.351. The molecule has 0 atom stereocenters. The highest BCUT2D eigenvalue weighted by Crippen LogP contribution is 2.17. The van der Waals surface area contributed by atoms with Crippen molar-refractivity contribution >= 4 is 27.5 Å². The van der Waals surface area contributed by atoms with Crippen LogP contribution < -0.4 is 4.80 Å². The van der Waals surface area contributed by atoms with Crippen molar-refractivity contribution in [2.45, 2.75) is 19.9 Å². The number of aryl methyl sites for hydroxylation is 1. The summed E-state index contributed by atoms with van der Waals surface area (Å²) in [5, 5.41) is 0. The molecule has 0 saturated heterocycles. The minimum Gasteiger partial charge on any atom is -0.316 e. The molecule has 0 unspecified atom stereocenters. The second-order valence-electron chi connectivity index (χ2n) is 4.93. The third-order valence-electron chi connectivity index (χ3n) is 3.32. The molecule has 0 N–H and O–H groups in total. The maximum Gasteiger partial charge on any atom is 0.279 e. The largest absolute Gasteiger partial charge is 0.316 e. The molecule has 0 aliphatic rings. The Labute approximate surface area is 131 Å². The number of halogens is 1. The Morgan fingerprint density at radius 2 is 1.91 bits per heavy atom. The monoisotopic (exact) mass is 314 g/mol. The Hall–Kier alpha value is -2.27. The summed E-state index contributed by atoms with van der Waals surface area (Å²) in [6.45, 7) is 2.89. The van der Waals surface area contributed by atoms with Crippen LogP contribution in [0.4, 0.5) is 4.39 Å². The summed E-state index contributed by atoms with van der Waals surface area (Å²) >= 11 is 1.49. The van der Waals surface area contributed by atoms with Gasteiger partial charge in [0.1, 0.15) is 5.82 Å². The highest BCUT2D eigenvalue weighted by molar-refractivity contribution is 7.16. The first-order valence-electron chi connectivity index (χ1n) is 7.12. The Kier molecular flexibility index (Phi) is 4.15. The molecular weight excluding hydrogens is 299 g/mol. The van der Waals surface area contributed by atoms with E-state index in [9.17, 15) is 9.18 Å². The van der Waals surface area contributed by atoms with Gasteiger partial charge in [0.25, 0.3) is 5.91 Å². The average Bonchev–Trinajstić information content (AvgIpc) is 2.86. The predicted molar refractivity (Wildman–Crippen MR) is 86.4 cm³/mol. The maximum absolute atomic E-state index is 12.9. The quantitative estimate of drug-likeness (QED) is 0.719. The van der Waals surface area contributed by atoms with Crippen LogP contribution in [0.2, 0.25) is 0 Å². The molecule has 112 valence electrons. The maximum atomic E-state index is 12.9. The second-order valence-corrected chi connectivity index (χ2v) is 5.94. The second kappa shape index (κ2) is 6.23. The number of hydrogen-bond acceptors (Lipinski definition) is 2. The number of carbonyl (C=O) groups is 1. The summed E-state index contributed by atoms with van der Waals surface area (Å²) in [5.41, 5.74) is 1.47. The first-order valence-corrected chi connectivity index (χ1v) is 7.93. The SMILES string of the molecule is CCCn1c(=NC(=O)c2ccc(F)cc2)sc2ccccc21. The molecule has 0 aliphatic heterocycles. The number of carbonyl (C=O) groups excluding carboxylic acids is 1. The molecule has 1 heterocycles. The lowest BCUT2D eigenvalue weighted by Gasteiger charge is -2.02. The van der Waals surface area contributed by atoms with E-state index >= 15 is 0 Å². The van der Waals surface area contributed by atoms with Gasteiger partial charge in [0.2, 0.25) is 0 Å². The van der Waals surface area contributed by atoms with E-state index in [1.807, 2.05) is 24.3 Å². The van der Waals surface area contributed by atoms with E-state index in [1.165, 1.54) is 35.6 Å². The van der Waals surface area contributed by atoms with Crippen molar-refractivity contribution in [3.63, 3.8) is 0 Å². The summed E-state index contributed by atoms with van der Waals surface area (Å²) in [4.78, 5) is 17.2. The van der Waals surface area contributed by atoms with Gasteiger partial charge in [0.15, 0.2) is 4.80 Å². The van der Waals surface area contributed by atoms with E-state index in [-0.39, 0.29) is 11.7 Å². The van der Waals surface area contributed by atoms with Crippen molar-refractivity contribution in [3.05, 3.63) is 64.7 Å². The van der Waals surface area contributed by atoms with Gasteiger partial charge >= 0.3 is 0 Å². The number of amides is 1. The average molecular weight is 314 g/mol. The van der Waals surface area contributed by atoms with Crippen molar-refractivity contribution in [1.82, 2.24) is 4.57 Å². The van der Waals surface area contributed by atoms with Gasteiger partial charge in [-0.1, -0.05) is 30.4 Å². The minimum atomic E-state index is -0.362. The number of thiazole rings is 1. The lowest BCUT2D eigenvalue weighted by atomic mass is 10.2. The fourth-order valence-corrected chi connectivity index (χ4v) is 3.34. The normalized spacial score (nSPS) is 12.0. The number of nitrogens with zero attached hydrogens (tertiary/aromatic N) is 2. The Balaban J connectivity index is 2.10. The lowest BCUT2D eigenvalue weighted by molar-refractivity contribution is 0.0998. The Morgan fingerprint density at radius 3 is 2.64 bits per heavy atom. The van der Waals surface area contributed by atoms with Gasteiger partial charge < -0.3 is 4.57 Å². The van der Waals surface area contributed by atoms with Crippen LogP contribution in [0.3, 0.4) is 0 Å². The highest BCUT2D eigenvalue weighted by atomic mass is 32.1. The van der Waals surface area contributed by atoms with Gasteiger partial charge in [-0.05, 0) is 42.8 Å². The van der Waals surface area contributed by atoms with Crippen molar-refractivity contribution in [1.29, 1.82) is 0 Å². The number of benzene rings is 2. The zero-order chi connectivity index (χ0) is 15.5. The molecule has 22 heavy (non-hydrogen) atoms. The van der Waals surface area contributed by atoms with Gasteiger partial charge in [-0.25, -0.2) is 4.39 Å². The summed E-state index contributed by atoms with van der Waals surface area (Å²) in [6, 6.07) is 13.5. The summed E-state index contributed by atoms with van der Waals surface area (Å²) in [6.07, 6.45) is 0.957. The molecule has 3 aromatic rings. The van der Waals surface area contributed by atoms with Gasteiger partial charge in [0, 0.05) is 12.1 Å². The molecule has 1 amide bonds. The molecule has 0 bridgehead atoms. The molecule has 3 rings (SSSR count). The zero-order valence-electron chi connectivity index (χ0n) is 12.1. The first-order chi connectivity index (χ1) is 10.7.